The van der Waals surface area contributed by atoms with Crippen LogP contribution in [-0.2, 0) is 9.84 Å². The van der Waals surface area contributed by atoms with Crippen LogP contribution in [0.1, 0.15) is 52.4 Å². The van der Waals surface area contributed by atoms with E-state index in [9.17, 15) is 8.42 Å². The van der Waals surface area contributed by atoms with Crippen LogP contribution in [0.25, 0.3) is 0 Å². The molecular formula is C12H25NO2S. The van der Waals surface area contributed by atoms with Gasteiger partial charge in [0.25, 0.3) is 0 Å². The van der Waals surface area contributed by atoms with Gasteiger partial charge in [0.15, 0.2) is 0 Å². The smallest absolute Gasteiger partial charge is 0.150 e. The van der Waals surface area contributed by atoms with E-state index in [0.717, 1.165) is 6.42 Å². The summed E-state index contributed by atoms with van der Waals surface area (Å²) in [5.74, 6) is 0.548. The molecule has 0 aromatic carbocycles. The van der Waals surface area contributed by atoms with Gasteiger partial charge >= 0.3 is 0 Å². The molecule has 1 unspecified atom stereocenters. The number of hydrogen-bond acceptors (Lipinski definition) is 3. The number of sulfone groups is 1. The van der Waals surface area contributed by atoms with E-state index in [1.54, 1.807) is 6.92 Å². The first-order valence-electron chi connectivity index (χ1n) is 6.36. The lowest BCUT2D eigenvalue weighted by molar-refractivity contribution is 0.249. The average Bonchev–Trinajstić information content (AvgIpc) is 2.66. The molecule has 0 aromatic rings. The molecule has 1 saturated carbocycles. The highest BCUT2D eigenvalue weighted by atomic mass is 32.2. The topological polar surface area (TPSA) is 60.2 Å². The Morgan fingerprint density at radius 3 is 2.38 bits per heavy atom. The quantitative estimate of drug-likeness (QED) is 0.782. The maximum Gasteiger partial charge on any atom is 0.150 e. The molecule has 1 fully saturated rings. The summed E-state index contributed by atoms with van der Waals surface area (Å²) in [4.78, 5) is 0. The van der Waals surface area contributed by atoms with Crippen molar-refractivity contribution in [2.75, 3.05) is 11.5 Å². The standard InChI is InChI=1S/C12H25NO2S/c1-3-16(14,15)10-6-7-11(13)12(2)8-4-5-9-12/h11H,3-10,13H2,1-2H3. The van der Waals surface area contributed by atoms with Crippen molar-refractivity contribution in [1.82, 2.24) is 0 Å². The van der Waals surface area contributed by atoms with Crippen LogP contribution in [0.2, 0.25) is 0 Å². The summed E-state index contributed by atoms with van der Waals surface area (Å²) < 4.78 is 22.7. The molecule has 0 bridgehead atoms. The van der Waals surface area contributed by atoms with Gasteiger partial charge in [-0.15, -0.1) is 0 Å². The second-order valence-corrected chi connectivity index (χ2v) is 7.82. The number of rotatable bonds is 6. The minimum absolute atomic E-state index is 0.169. The summed E-state index contributed by atoms with van der Waals surface area (Å²) in [6.07, 6.45) is 6.51. The minimum Gasteiger partial charge on any atom is -0.327 e. The molecule has 0 amide bonds. The molecule has 0 aromatic heterocycles. The molecule has 0 spiro atoms. The second kappa shape index (κ2) is 5.50. The molecule has 1 aliphatic rings. The highest BCUT2D eigenvalue weighted by molar-refractivity contribution is 7.91. The Labute approximate surface area is 99.7 Å². The SMILES string of the molecule is CCS(=O)(=O)CCCC(N)C1(C)CCCC1. The molecule has 0 radical (unpaired) electrons. The normalized spacial score (nSPS) is 22.2. The zero-order valence-electron chi connectivity index (χ0n) is 10.5. The van der Waals surface area contributed by atoms with E-state index >= 15 is 0 Å². The molecule has 3 nitrogen and oxygen atoms in total. The Kier molecular flexibility index (Phi) is 4.80. The number of nitrogens with two attached hydrogens (primary N) is 1. The molecule has 1 atom stereocenters. The van der Waals surface area contributed by atoms with Crippen LogP contribution in [0.15, 0.2) is 0 Å². The monoisotopic (exact) mass is 247 g/mol. The van der Waals surface area contributed by atoms with E-state index in [0.29, 0.717) is 12.2 Å². The Balaban J connectivity index is 2.33. The summed E-state index contributed by atoms with van der Waals surface area (Å²) >= 11 is 0. The minimum atomic E-state index is -2.81. The Morgan fingerprint density at radius 1 is 1.31 bits per heavy atom. The van der Waals surface area contributed by atoms with Gasteiger partial charge in [0.1, 0.15) is 9.84 Å². The summed E-state index contributed by atoms with van der Waals surface area (Å²) in [5, 5.41) is 0. The third kappa shape index (κ3) is 3.74. The largest absolute Gasteiger partial charge is 0.327 e. The van der Waals surface area contributed by atoms with E-state index in [2.05, 4.69) is 6.92 Å². The zero-order chi connectivity index (χ0) is 12.2. The van der Waals surface area contributed by atoms with Gasteiger partial charge in [0.2, 0.25) is 0 Å². The van der Waals surface area contributed by atoms with Crippen molar-refractivity contribution in [3.8, 4) is 0 Å². The van der Waals surface area contributed by atoms with Crippen LogP contribution in [-0.4, -0.2) is 26.0 Å². The Hall–Kier alpha value is -0.0900. The lowest BCUT2D eigenvalue weighted by atomic mass is 9.79. The molecule has 0 aliphatic heterocycles. The van der Waals surface area contributed by atoms with Gasteiger partial charge < -0.3 is 5.73 Å². The van der Waals surface area contributed by atoms with Crippen LogP contribution in [0.4, 0.5) is 0 Å². The molecule has 1 rings (SSSR count). The molecule has 16 heavy (non-hydrogen) atoms. The van der Waals surface area contributed by atoms with E-state index in [4.69, 9.17) is 5.73 Å². The van der Waals surface area contributed by atoms with Gasteiger partial charge in [-0.1, -0.05) is 26.7 Å². The van der Waals surface area contributed by atoms with Crippen molar-refractivity contribution in [2.45, 2.75) is 58.4 Å². The van der Waals surface area contributed by atoms with Crippen LogP contribution in [0.5, 0.6) is 0 Å². The van der Waals surface area contributed by atoms with E-state index in [1.807, 2.05) is 0 Å². The molecule has 2 N–H and O–H groups in total. The van der Waals surface area contributed by atoms with Crippen LogP contribution in [0.3, 0.4) is 0 Å². The van der Waals surface area contributed by atoms with Crippen LogP contribution in [0, 0.1) is 5.41 Å². The van der Waals surface area contributed by atoms with E-state index < -0.39 is 9.84 Å². The van der Waals surface area contributed by atoms with Gasteiger partial charge in [0.05, 0.1) is 5.75 Å². The summed E-state index contributed by atoms with van der Waals surface area (Å²) in [7, 11) is -2.81. The van der Waals surface area contributed by atoms with E-state index in [-0.39, 0.29) is 17.2 Å². The first kappa shape index (κ1) is 14.0. The van der Waals surface area contributed by atoms with Gasteiger partial charge in [-0.25, -0.2) is 8.42 Å². The highest BCUT2D eigenvalue weighted by Gasteiger charge is 2.34. The van der Waals surface area contributed by atoms with Gasteiger partial charge in [-0.2, -0.15) is 0 Å². The van der Waals surface area contributed by atoms with Crippen molar-refractivity contribution in [3.63, 3.8) is 0 Å². The third-order valence-electron chi connectivity index (χ3n) is 4.05. The molecular weight excluding hydrogens is 222 g/mol. The third-order valence-corrected chi connectivity index (χ3v) is 5.84. The molecule has 1 aliphatic carbocycles. The fraction of sp³-hybridized carbons (Fsp3) is 1.00. The van der Waals surface area contributed by atoms with E-state index in [1.165, 1.54) is 25.7 Å². The summed E-state index contributed by atoms with van der Waals surface area (Å²) in [6, 6.07) is 0.169. The van der Waals surface area contributed by atoms with Gasteiger partial charge in [-0.3, -0.25) is 0 Å². The maximum atomic E-state index is 11.3. The molecule has 4 heteroatoms. The molecule has 96 valence electrons. The highest BCUT2D eigenvalue weighted by Crippen LogP contribution is 2.40. The van der Waals surface area contributed by atoms with Crippen molar-refractivity contribution in [2.24, 2.45) is 11.1 Å². The van der Waals surface area contributed by atoms with Crippen LogP contribution >= 0.6 is 0 Å². The average molecular weight is 247 g/mol. The predicted octanol–water partition coefficient (Wildman–Crippen LogP) is 2.11. The van der Waals surface area contributed by atoms with Crippen molar-refractivity contribution < 1.29 is 8.42 Å². The predicted molar refractivity (Wildman–Crippen MR) is 68.1 cm³/mol. The van der Waals surface area contributed by atoms with Crippen molar-refractivity contribution >= 4 is 9.84 Å². The lowest BCUT2D eigenvalue weighted by Crippen LogP contribution is -2.37. The summed E-state index contributed by atoms with van der Waals surface area (Å²) in [6.45, 7) is 3.95. The fourth-order valence-electron chi connectivity index (χ4n) is 2.57. The Morgan fingerprint density at radius 2 is 1.88 bits per heavy atom. The Bertz CT molecular complexity index is 305. The summed E-state index contributed by atoms with van der Waals surface area (Å²) in [5.41, 5.74) is 6.45. The first-order valence-corrected chi connectivity index (χ1v) is 8.18. The van der Waals surface area contributed by atoms with Gasteiger partial charge in [-0.05, 0) is 31.1 Å². The van der Waals surface area contributed by atoms with Crippen molar-refractivity contribution in [3.05, 3.63) is 0 Å². The molecule has 0 heterocycles. The van der Waals surface area contributed by atoms with Crippen LogP contribution < -0.4 is 5.73 Å². The second-order valence-electron chi connectivity index (χ2n) is 5.35. The van der Waals surface area contributed by atoms with Gasteiger partial charge in [0, 0.05) is 11.8 Å². The number of hydrogen-bond donors (Lipinski definition) is 1. The first-order chi connectivity index (χ1) is 7.40. The molecule has 0 saturated heterocycles. The van der Waals surface area contributed by atoms with Crippen molar-refractivity contribution in [1.29, 1.82) is 0 Å². The fourth-order valence-corrected chi connectivity index (χ4v) is 3.46. The lowest BCUT2D eigenvalue weighted by Gasteiger charge is -2.31. The maximum absolute atomic E-state index is 11.3. The zero-order valence-corrected chi connectivity index (χ0v) is 11.4.